The van der Waals surface area contributed by atoms with Gasteiger partial charge in [-0.3, -0.25) is 4.79 Å². The summed E-state index contributed by atoms with van der Waals surface area (Å²) >= 11 is 0. The average molecular weight is 463 g/mol. The van der Waals surface area contributed by atoms with Crippen molar-refractivity contribution < 1.29 is 24.2 Å². The fraction of sp³-hybridized carbons (Fsp3) is 0.607. The largest absolute Gasteiger partial charge is 0.481 e. The van der Waals surface area contributed by atoms with Crippen LogP contribution >= 0.6 is 0 Å². The zero-order valence-electron chi connectivity index (χ0n) is 21.1. The van der Waals surface area contributed by atoms with Gasteiger partial charge >= 0.3 is 17.9 Å². The van der Waals surface area contributed by atoms with Crippen LogP contribution in [-0.4, -0.2) is 23.0 Å². The number of unbranched alkanes of at least 4 members (excludes halogenated alkanes) is 12. The quantitative estimate of drug-likeness (QED) is 0.0736. The highest BCUT2D eigenvalue weighted by atomic mass is 16.6. The Balaban J connectivity index is 0. The number of rotatable bonds is 18. The zero-order chi connectivity index (χ0) is 25.0. The van der Waals surface area contributed by atoms with Crippen molar-refractivity contribution in [1.82, 2.24) is 0 Å². The molecule has 0 unspecified atom stereocenters. The molecule has 0 saturated carbocycles. The maximum absolute atomic E-state index is 10.9. The number of carboxylic acid groups (broad SMARTS) is 1. The second-order valence-corrected chi connectivity index (χ2v) is 7.90. The van der Waals surface area contributed by atoms with Crippen LogP contribution in [0.25, 0.3) is 0 Å². The van der Waals surface area contributed by atoms with E-state index in [1.807, 2.05) is 13.8 Å². The molecular formula is C28H46O5. The minimum atomic E-state index is -0.678. The van der Waals surface area contributed by atoms with Gasteiger partial charge in [0.05, 0.1) is 0 Å². The van der Waals surface area contributed by atoms with Gasteiger partial charge in [0.1, 0.15) is 0 Å². The van der Waals surface area contributed by atoms with Crippen LogP contribution in [0.1, 0.15) is 111 Å². The number of esters is 2. The fourth-order valence-corrected chi connectivity index (χ4v) is 2.95. The van der Waals surface area contributed by atoms with E-state index in [4.69, 9.17) is 5.11 Å². The molecular weight excluding hydrogens is 416 g/mol. The maximum atomic E-state index is 10.9. The van der Waals surface area contributed by atoms with E-state index in [0.717, 1.165) is 12.8 Å². The molecule has 5 nitrogen and oxygen atoms in total. The summed E-state index contributed by atoms with van der Waals surface area (Å²) in [5.41, 5.74) is 0. The Morgan fingerprint density at radius 3 is 1.30 bits per heavy atom. The number of allylic oxidation sites excluding steroid dienone is 6. The van der Waals surface area contributed by atoms with Crippen LogP contribution in [0.15, 0.2) is 48.6 Å². The van der Waals surface area contributed by atoms with Crippen molar-refractivity contribution in [3.05, 3.63) is 48.6 Å². The van der Waals surface area contributed by atoms with E-state index in [1.165, 1.54) is 94.9 Å². The highest BCUT2D eigenvalue weighted by Crippen LogP contribution is 2.12. The minimum Gasteiger partial charge on any atom is -0.481 e. The molecule has 0 aromatic rings. The Morgan fingerprint density at radius 1 is 0.606 bits per heavy atom. The molecule has 0 radical (unpaired) electrons. The molecule has 0 rings (SSSR count). The number of carboxylic acids is 1. The monoisotopic (exact) mass is 462 g/mol. The first kappa shape index (κ1) is 32.7. The smallest absolute Gasteiger partial charge is 0.338 e. The molecule has 5 heteroatoms. The third-order valence-electron chi connectivity index (χ3n) is 4.77. The van der Waals surface area contributed by atoms with Crippen molar-refractivity contribution in [1.29, 1.82) is 0 Å². The molecule has 0 saturated heterocycles. The molecule has 33 heavy (non-hydrogen) atoms. The van der Waals surface area contributed by atoms with E-state index in [1.54, 1.807) is 24.3 Å². The summed E-state index contributed by atoms with van der Waals surface area (Å²) in [4.78, 5) is 32.2. The minimum absolute atomic E-state index is 0.345. The van der Waals surface area contributed by atoms with Crippen molar-refractivity contribution >= 4 is 17.9 Å². The fourth-order valence-electron chi connectivity index (χ4n) is 2.95. The molecule has 0 aromatic carbocycles. The number of aliphatic carboxylic acids is 1. The maximum Gasteiger partial charge on any atom is 0.338 e. The Hall–Kier alpha value is -2.43. The van der Waals surface area contributed by atoms with E-state index in [2.05, 4.69) is 11.7 Å². The van der Waals surface area contributed by atoms with Crippen LogP contribution in [0.3, 0.4) is 0 Å². The predicted octanol–water partition coefficient (Wildman–Crippen LogP) is 7.87. The van der Waals surface area contributed by atoms with Gasteiger partial charge in [0.25, 0.3) is 0 Å². The molecule has 0 atom stereocenters. The topological polar surface area (TPSA) is 80.7 Å². The lowest BCUT2D eigenvalue weighted by molar-refractivity contribution is -0.152. The molecule has 188 valence electrons. The molecule has 0 spiro atoms. The first-order chi connectivity index (χ1) is 16.0. The molecule has 0 aromatic heterocycles. The lowest BCUT2D eigenvalue weighted by atomic mass is 10.0. The van der Waals surface area contributed by atoms with Gasteiger partial charge < -0.3 is 9.84 Å². The predicted molar refractivity (Wildman–Crippen MR) is 137 cm³/mol. The number of carbonyl (C=O) groups is 3. The van der Waals surface area contributed by atoms with Gasteiger partial charge in [-0.15, -0.1) is 0 Å². The molecule has 0 aliphatic carbocycles. The van der Waals surface area contributed by atoms with Crippen LogP contribution in [0.5, 0.6) is 0 Å². The summed E-state index contributed by atoms with van der Waals surface area (Å²) in [6.07, 6.45) is 29.5. The Bertz CT molecular complexity index is 567. The molecule has 0 aliphatic heterocycles. The second-order valence-electron chi connectivity index (χ2n) is 7.90. The Kier molecular flexibility index (Phi) is 27.4. The van der Waals surface area contributed by atoms with Gasteiger partial charge in [-0.25, -0.2) is 9.59 Å². The summed E-state index contributed by atoms with van der Waals surface area (Å²) < 4.78 is 4.42. The molecule has 0 aliphatic rings. The van der Waals surface area contributed by atoms with Crippen LogP contribution in [0.4, 0.5) is 0 Å². The van der Waals surface area contributed by atoms with Gasteiger partial charge in [0.15, 0.2) is 0 Å². The van der Waals surface area contributed by atoms with Crippen molar-refractivity contribution in [2.45, 2.75) is 111 Å². The zero-order valence-corrected chi connectivity index (χ0v) is 21.1. The third kappa shape index (κ3) is 31.8. The highest BCUT2D eigenvalue weighted by molar-refractivity contribution is 5.96. The number of carbonyl (C=O) groups excluding carboxylic acids is 2. The lowest BCUT2D eigenvalue weighted by Gasteiger charge is -2.02. The standard InChI is InChI=1S/C16H32O2.C12H14O3/c1-2-3-4-5-6-7-8-9-10-11-12-13-14-15-16(17)18;1-3-5-7-9-11(13)15-12(14)10-8-6-4-2/h2-15H2,1H3,(H,17,18);3-10H,1-2H3/b;5-3+,6-4+,9-7+,10-8+. The number of ether oxygens (including phenoxy) is 1. The van der Waals surface area contributed by atoms with Gasteiger partial charge in [0, 0.05) is 18.6 Å². The summed E-state index contributed by atoms with van der Waals surface area (Å²) in [6.45, 7) is 5.90. The third-order valence-corrected chi connectivity index (χ3v) is 4.77. The molecule has 1 N–H and O–H groups in total. The second kappa shape index (κ2) is 27.6. The molecule has 0 fully saturated rings. The normalized spacial score (nSPS) is 11.4. The SMILES string of the molecule is C/C=C/C=C/C(=O)OC(=O)/C=C/C=C/C.CCCCCCCCCCCCCCCC(=O)O. The van der Waals surface area contributed by atoms with E-state index in [0.29, 0.717) is 6.42 Å². The van der Waals surface area contributed by atoms with E-state index in [-0.39, 0.29) is 0 Å². The summed E-state index contributed by atoms with van der Waals surface area (Å²) in [5.74, 6) is -2.01. The van der Waals surface area contributed by atoms with Crippen molar-refractivity contribution in [2.75, 3.05) is 0 Å². The van der Waals surface area contributed by atoms with E-state index in [9.17, 15) is 14.4 Å². The van der Waals surface area contributed by atoms with E-state index < -0.39 is 17.9 Å². The summed E-state index contributed by atoms with van der Waals surface area (Å²) in [6, 6.07) is 0. The average Bonchev–Trinajstić information content (AvgIpc) is 2.77. The van der Waals surface area contributed by atoms with Crippen LogP contribution in [0, 0.1) is 0 Å². The molecule has 0 bridgehead atoms. The van der Waals surface area contributed by atoms with Crippen LogP contribution in [-0.2, 0) is 19.1 Å². The highest BCUT2D eigenvalue weighted by Gasteiger charge is 2.01. The van der Waals surface area contributed by atoms with Gasteiger partial charge in [-0.1, -0.05) is 120 Å². The number of hydrogen-bond acceptors (Lipinski definition) is 4. The molecule has 0 heterocycles. The Morgan fingerprint density at radius 2 is 0.970 bits per heavy atom. The van der Waals surface area contributed by atoms with Crippen molar-refractivity contribution in [2.24, 2.45) is 0 Å². The van der Waals surface area contributed by atoms with E-state index >= 15 is 0 Å². The summed E-state index contributed by atoms with van der Waals surface area (Å²) in [5, 5.41) is 8.49. The van der Waals surface area contributed by atoms with Crippen LogP contribution < -0.4 is 0 Å². The van der Waals surface area contributed by atoms with Crippen molar-refractivity contribution in [3.63, 3.8) is 0 Å². The molecule has 0 amide bonds. The number of hydrogen-bond donors (Lipinski definition) is 1. The summed E-state index contributed by atoms with van der Waals surface area (Å²) in [7, 11) is 0. The van der Waals surface area contributed by atoms with Gasteiger partial charge in [-0.2, -0.15) is 0 Å². The first-order valence-electron chi connectivity index (χ1n) is 12.5. The van der Waals surface area contributed by atoms with Crippen molar-refractivity contribution in [3.8, 4) is 0 Å². The van der Waals surface area contributed by atoms with Crippen LogP contribution in [0.2, 0.25) is 0 Å². The van der Waals surface area contributed by atoms with Gasteiger partial charge in [-0.05, 0) is 20.3 Å². The Labute approximate surface area is 201 Å². The van der Waals surface area contributed by atoms with Gasteiger partial charge in [0.2, 0.25) is 0 Å². The lowest BCUT2D eigenvalue weighted by Crippen LogP contribution is -2.06. The first-order valence-corrected chi connectivity index (χ1v) is 12.5.